The predicted octanol–water partition coefficient (Wildman–Crippen LogP) is 2.85. The van der Waals surface area contributed by atoms with Gasteiger partial charge in [-0.1, -0.05) is 13.8 Å². The molecule has 0 bridgehead atoms. The normalized spacial score (nSPS) is 17.9. The van der Waals surface area contributed by atoms with Gasteiger partial charge in [0, 0.05) is 13.0 Å². The van der Waals surface area contributed by atoms with Gasteiger partial charge < -0.3 is 5.32 Å². The van der Waals surface area contributed by atoms with Gasteiger partial charge in [0.25, 0.3) is 0 Å². The van der Waals surface area contributed by atoms with Crippen molar-refractivity contribution in [1.29, 1.82) is 0 Å². The molecule has 0 amide bonds. The Morgan fingerprint density at radius 3 is 2.65 bits per heavy atom. The van der Waals surface area contributed by atoms with Crippen molar-refractivity contribution in [3.8, 4) is 0 Å². The molecule has 3 nitrogen and oxygen atoms in total. The van der Waals surface area contributed by atoms with Crippen LogP contribution in [0, 0.1) is 5.92 Å². The fourth-order valence-electron chi connectivity index (χ4n) is 2.52. The molecule has 0 saturated carbocycles. The topological polar surface area (TPSA) is 29.9 Å². The van der Waals surface area contributed by atoms with E-state index in [4.69, 9.17) is 5.10 Å². The molecule has 1 aromatic heterocycles. The number of aryl methyl sites for hydroxylation is 1. The summed E-state index contributed by atoms with van der Waals surface area (Å²) in [5, 5.41) is 8.14. The summed E-state index contributed by atoms with van der Waals surface area (Å²) in [7, 11) is 2.06. The third-order valence-electron chi connectivity index (χ3n) is 3.45. The molecule has 0 atom stereocenters. The summed E-state index contributed by atoms with van der Waals surface area (Å²) < 4.78 is 3.31. The Morgan fingerprint density at radius 1 is 1.41 bits per heavy atom. The molecule has 0 unspecified atom stereocenters. The highest BCUT2D eigenvalue weighted by atomic mass is 79.9. The summed E-state index contributed by atoms with van der Waals surface area (Å²) in [6, 6.07) is 0. The van der Waals surface area contributed by atoms with Crippen LogP contribution in [0.15, 0.2) is 4.47 Å². The number of aromatic nitrogens is 2. The maximum Gasteiger partial charge on any atom is 0.0801 e. The highest BCUT2D eigenvalue weighted by Crippen LogP contribution is 2.33. The zero-order valence-corrected chi connectivity index (χ0v) is 12.5. The molecule has 1 aliphatic rings. The molecule has 17 heavy (non-hydrogen) atoms. The van der Waals surface area contributed by atoms with Crippen molar-refractivity contribution < 1.29 is 0 Å². The fourth-order valence-corrected chi connectivity index (χ4v) is 3.34. The van der Waals surface area contributed by atoms with Crippen LogP contribution in [-0.2, 0) is 13.5 Å². The van der Waals surface area contributed by atoms with Crippen LogP contribution >= 0.6 is 15.9 Å². The largest absolute Gasteiger partial charge is 0.317 e. The van der Waals surface area contributed by atoms with Crippen LogP contribution in [0.2, 0.25) is 0 Å². The average Bonchev–Trinajstić information content (AvgIpc) is 2.58. The molecule has 1 aliphatic heterocycles. The van der Waals surface area contributed by atoms with E-state index in [9.17, 15) is 0 Å². The number of piperidine rings is 1. The van der Waals surface area contributed by atoms with Crippen molar-refractivity contribution in [2.75, 3.05) is 13.1 Å². The highest BCUT2D eigenvalue weighted by molar-refractivity contribution is 9.10. The molecule has 2 rings (SSSR count). The van der Waals surface area contributed by atoms with E-state index in [1.165, 1.54) is 28.7 Å². The summed E-state index contributed by atoms with van der Waals surface area (Å²) in [4.78, 5) is 0. The van der Waals surface area contributed by atoms with Gasteiger partial charge >= 0.3 is 0 Å². The maximum atomic E-state index is 4.73. The summed E-state index contributed by atoms with van der Waals surface area (Å²) >= 11 is 3.76. The molecule has 1 aromatic rings. The Hall–Kier alpha value is -0.350. The average molecular weight is 300 g/mol. The van der Waals surface area contributed by atoms with Crippen LogP contribution in [0.1, 0.15) is 44.0 Å². The smallest absolute Gasteiger partial charge is 0.0801 e. The Balaban J connectivity index is 2.23. The van der Waals surface area contributed by atoms with Gasteiger partial charge in [0.05, 0.1) is 15.9 Å². The first kappa shape index (κ1) is 13.1. The van der Waals surface area contributed by atoms with E-state index in [0.717, 1.165) is 19.5 Å². The van der Waals surface area contributed by atoms with Gasteiger partial charge in [0.1, 0.15) is 0 Å². The summed E-state index contributed by atoms with van der Waals surface area (Å²) in [5.74, 6) is 1.29. The summed E-state index contributed by atoms with van der Waals surface area (Å²) in [5.41, 5.74) is 2.61. The SMILES string of the molecule is CC(C)Cc1c(Br)c(C2CCNCC2)nn1C. The number of halogens is 1. The molecule has 96 valence electrons. The molecular formula is C13H22BrN3. The van der Waals surface area contributed by atoms with Gasteiger partial charge in [-0.25, -0.2) is 0 Å². The van der Waals surface area contributed by atoms with Gasteiger partial charge in [-0.2, -0.15) is 5.10 Å². The monoisotopic (exact) mass is 299 g/mol. The third kappa shape index (κ3) is 2.91. The molecule has 0 spiro atoms. The van der Waals surface area contributed by atoms with Crippen LogP contribution in [0.5, 0.6) is 0 Å². The van der Waals surface area contributed by atoms with Gasteiger partial charge in [0.15, 0.2) is 0 Å². The minimum absolute atomic E-state index is 0.623. The van der Waals surface area contributed by atoms with Gasteiger partial charge in [-0.15, -0.1) is 0 Å². The Morgan fingerprint density at radius 2 is 2.06 bits per heavy atom. The van der Waals surface area contributed by atoms with Crippen molar-refractivity contribution in [1.82, 2.24) is 15.1 Å². The second-order valence-corrected chi connectivity index (χ2v) is 6.18. The molecule has 0 aliphatic carbocycles. The van der Waals surface area contributed by atoms with Gasteiger partial charge in [-0.05, 0) is 54.2 Å². The lowest BCUT2D eigenvalue weighted by molar-refractivity contribution is 0.449. The van der Waals surface area contributed by atoms with Crippen molar-refractivity contribution in [3.05, 3.63) is 15.9 Å². The molecule has 1 fully saturated rings. The number of hydrogen-bond acceptors (Lipinski definition) is 2. The summed E-state index contributed by atoms with van der Waals surface area (Å²) in [6.07, 6.45) is 3.50. The van der Waals surface area contributed by atoms with Crippen LogP contribution in [0.3, 0.4) is 0 Å². The predicted molar refractivity (Wildman–Crippen MR) is 74.3 cm³/mol. The van der Waals surface area contributed by atoms with Crippen LogP contribution in [-0.4, -0.2) is 22.9 Å². The van der Waals surface area contributed by atoms with Crippen LogP contribution in [0.25, 0.3) is 0 Å². The van der Waals surface area contributed by atoms with Crippen LogP contribution in [0.4, 0.5) is 0 Å². The lowest BCUT2D eigenvalue weighted by atomic mass is 9.94. The standard InChI is InChI=1S/C13H22BrN3/c1-9(2)8-11-12(14)13(16-17(11)3)10-4-6-15-7-5-10/h9-10,15H,4-8H2,1-3H3. The van der Waals surface area contributed by atoms with Crippen molar-refractivity contribution in [3.63, 3.8) is 0 Å². The second kappa shape index (κ2) is 5.53. The highest BCUT2D eigenvalue weighted by Gasteiger charge is 2.23. The molecular weight excluding hydrogens is 278 g/mol. The van der Waals surface area contributed by atoms with E-state index in [2.05, 4.69) is 46.8 Å². The maximum absolute atomic E-state index is 4.73. The van der Waals surface area contributed by atoms with E-state index in [1.807, 2.05) is 0 Å². The van der Waals surface area contributed by atoms with E-state index >= 15 is 0 Å². The molecule has 1 saturated heterocycles. The molecule has 2 heterocycles. The number of hydrogen-bond donors (Lipinski definition) is 1. The fraction of sp³-hybridized carbons (Fsp3) is 0.769. The lowest BCUT2D eigenvalue weighted by Gasteiger charge is -2.21. The second-order valence-electron chi connectivity index (χ2n) is 5.39. The van der Waals surface area contributed by atoms with Gasteiger partial charge in [0.2, 0.25) is 0 Å². The minimum atomic E-state index is 0.623. The van der Waals surface area contributed by atoms with E-state index in [1.54, 1.807) is 0 Å². The zero-order valence-electron chi connectivity index (χ0n) is 11.0. The quantitative estimate of drug-likeness (QED) is 0.930. The van der Waals surface area contributed by atoms with Gasteiger partial charge in [-0.3, -0.25) is 4.68 Å². The number of nitrogens with zero attached hydrogens (tertiary/aromatic N) is 2. The molecule has 4 heteroatoms. The number of rotatable bonds is 3. The Labute approximate surface area is 112 Å². The van der Waals surface area contributed by atoms with E-state index in [0.29, 0.717) is 11.8 Å². The van der Waals surface area contributed by atoms with Crippen molar-refractivity contribution in [2.24, 2.45) is 13.0 Å². The Kier molecular flexibility index (Phi) is 4.26. The Bertz CT molecular complexity index is 378. The molecule has 1 N–H and O–H groups in total. The van der Waals surface area contributed by atoms with E-state index in [-0.39, 0.29) is 0 Å². The first-order chi connectivity index (χ1) is 8.09. The number of nitrogens with one attached hydrogen (secondary N) is 1. The minimum Gasteiger partial charge on any atom is -0.317 e. The molecule has 0 aromatic carbocycles. The lowest BCUT2D eigenvalue weighted by Crippen LogP contribution is -2.27. The van der Waals surface area contributed by atoms with E-state index < -0.39 is 0 Å². The zero-order chi connectivity index (χ0) is 12.4. The first-order valence-electron chi connectivity index (χ1n) is 6.51. The third-order valence-corrected chi connectivity index (χ3v) is 4.32. The first-order valence-corrected chi connectivity index (χ1v) is 7.31. The van der Waals surface area contributed by atoms with Crippen molar-refractivity contribution >= 4 is 15.9 Å². The summed E-state index contributed by atoms with van der Waals surface area (Å²) in [6.45, 7) is 6.74. The van der Waals surface area contributed by atoms with Crippen LogP contribution < -0.4 is 5.32 Å². The molecule has 0 radical (unpaired) electrons. The van der Waals surface area contributed by atoms with Crippen molar-refractivity contribution in [2.45, 2.75) is 39.0 Å².